The highest BCUT2D eigenvalue weighted by Gasteiger charge is 2.55. The molecule has 22 heavy (non-hydrogen) atoms. The Kier molecular flexibility index (Phi) is 4.60. The maximum absolute atomic E-state index is 11.5. The Balaban J connectivity index is 2.31. The predicted molar refractivity (Wildman–Crippen MR) is 92.3 cm³/mol. The zero-order valence-corrected chi connectivity index (χ0v) is 16.5. The third kappa shape index (κ3) is 3.28. The van der Waals surface area contributed by atoms with Crippen molar-refractivity contribution in [2.75, 3.05) is 6.61 Å². The minimum Gasteiger partial charge on any atom is -0.465 e. The molecule has 0 N–H and O–H groups in total. The number of carbonyl (C=O) groups excluding carboxylic acids is 1. The molecule has 0 aromatic heterocycles. The highest BCUT2D eigenvalue weighted by molar-refractivity contribution is 6.74. The summed E-state index contributed by atoms with van der Waals surface area (Å²) in [7, 11) is -1.85. The first-order chi connectivity index (χ1) is 9.90. The van der Waals surface area contributed by atoms with Crippen molar-refractivity contribution in [1.82, 2.24) is 0 Å². The van der Waals surface area contributed by atoms with E-state index < -0.39 is 8.32 Å². The summed E-state index contributed by atoms with van der Waals surface area (Å²) >= 11 is 0. The lowest BCUT2D eigenvalue weighted by molar-refractivity contribution is -0.173. The molecule has 3 nitrogen and oxygen atoms in total. The van der Waals surface area contributed by atoms with Gasteiger partial charge in [0, 0.05) is 11.8 Å². The molecule has 0 aromatic rings. The zero-order chi connectivity index (χ0) is 16.8. The molecule has 2 rings (SSSR count). The van der Waals surface area contributed by atoms with Crippen LogP contribution in [0.4, 0.5) is 0 Å². The standard InChI is InChI=1S/C18H34O3Si/c1-16(2,3)22(6,7)21-15-17(4,5)10-8-11-18(15)12-9-14(19)20-13-18/h15H,8-13H2,1-7H3. The van der Waals surface area contributed by atoms with Gasteiger partial charge >= 0.3 is 5.97 Å². The fraction of sp³-hybridized carbons (Fsp3) is 0.944. The molecule has 2 unspecified atom stereocenters. The van der Waals surface area contributed by atoms with Gasteiger partial charge in [-0.2, -0.15) is 0 Å². The van der Waals surface area contributed by atoms with Crippen molar-refractivity contribution >= 4 is 14.3 Å². The molecule has 128 valence electrons. The zero-order valence-electron chi connectivity index (χ0n) is 15.5. The van der Waals surface area contributed by atoms with Gasteiger partial charge in [-0.25, -0.2) is 0 Å². The van der Waals surface area contributed by atoms with Gasteiger partial charge in [-0.1, -0.05) is 41.0 Å². The van der Waals surface area contributed by atoms with Crippen LogP contribution in [0.3, 0.4) is 0 Å². The predicted octanol–water partition coefficient (Wildman–Crippen LogP) is 4.91. The molecule has 1 saturated heterocycles. The van der Waals surface area contributed by atoms with Crippen molar-refractivity contribution in [3.8, 4) is 0 Å². The first-order valence-electron chi connectivity index (χ1n) is 8.73. The average Bonchev–Trinajstić information content (AvgIpc) is 2.36. The van der Waals surface area contributed by atoms with E-state index in [4.69, 9.17) is 9.16 Å². The van der Waals surface area contributed by atoms with Gasteiger partial charge in [0.15, 0.2) is 8.32 Å². The number of esters is 1. The molecule has 0 radical (unpaired) electrons. The number of hydrogen-bond acceptors (Lipinski definition) is 3. The van der Waals surface area contributed by atoms with E-state index in [9.17, 15) is 4.79 Å². The quantitative estimate of drug-likeness (QED) is 0.534. The van der Waals surface area contributed by atoms with Gasteiger partial charge < -0.3 is 9.16 Å². The summed E-state index contributed by atoms with van der Waals surface area (Å²) in [6.07, 6.45) is 5.21. The van der Waals surface area contributed by atoms with Crippen molar-refractivity contribution in [2.45, 2.75) is 91.0 Å². The summed E-state index contributed by atoms with van der Waals surface area (Å²) in [4.78, 5) is 11.5. The largest absolute Gasteiger partial charge is 0.465 e. The maximum Gasteiger partial charge on any atom is 0.305 e. The molecular weight excluding hydrogens is 292 g/mol. The Hall–Kier alpha value is -0.353. The van der Waals surface area contributed by atoms with Crippen LogP contribution < -0.4 is 0 Å². The van der Waals surface area contributed by atoms with Gasteiger partial charge in [0.1, 0.15) is 0 Å². The van der Waals surface area contributed by atoms with Gasteiger partial charge in [-0.05, 0) is 42.8 Å². The van der Waals surface area contributed by atoms with Gasteiger partial charge in [-0.3, -0.25) is 4.79 Å². The molecule has 1 saturated carbocycles. The van der Waals surface area contributed by atoms with E-state index in [1.807, 2.05) is 0 Å². The van der Waals surface area contributed by atoms with Crippen LogP contribution in [0.25, 0.3) is 0 Å². The first kappa shape index (κ1) is 18.0. The van der Waals surface area contributed by atoms with Crippen LogP contribution in [0.15, 0.2) is 0 Å². The van der Waals surface area contributed by atoms with E-state index in [1.54, 1.807) is 0 Å². The number of carbonyl (C=O) groups is 1. The number of cyclic esters (lactones) is 1. The third-order valence-electron chi connectivity index (χ3n) is 6.33. The molecule has 1 aliphatic heterocycles. The highest BCUT2D eigenvalue weighted by Crippen LogP contribution is 2.54. The van der Waals surface area contributed by atoms with Crippen LogP contribution in [-0.4, -0.2) is 27.0 Å². The van der Waals surface area contributed by atoms with E-state index in [0.29, 0.717) is 13.0 Å². The minimum atomic E-state index is -1.85. The molecule has 2 fully saturated rings. The normalized spacial score (nSPS) is 32.9. The fourth-order valence-corrected chi connectivity index (χ4v) is 5.38. The van der Waals surface area contributed by atoms with Crippen molar-refractivity contribution in [3.05, 3.63) is 0 Å². The van der Waals surface area contributed by atoms with Gasteiger partial charge in [0.2, 0.25) is 0 Å². The van der Waals surface area contributed by atoms with Gasteiger partial charge in [0.25, 0.3) is 0 Å². The number of rotatable bonds is 2. The Bertz CT molecular complexity index is 424. The number of hydrogen-bond donors (Lipinski definition) is 0. The summed E-state index contributed by atoms with van der Waals surface area (Å²) in [5.74, 6) is -0.0416. The number of ether oxygens (including phenoxy) is 1. The molecule has 0 aromatic carbocycles. The van der Waals surface area contributed by atoms with Crippen molar-refractivity contribution in [3.63, 3.8) is 0 Å². The molecule has 4 heteroatoms. The molecule has 2 atom stereocenters. The van der Waals surface area contributed by atoms with Crippen molar-refractivity contribution < 1.29 is 14.0 Å². The van der Waals surface area contributed by atoms with E-state index >= 15 is 0 Å². The minimum absolute atomic E-state index is 0.0329. The summed E-state index contributed by atoms with van der Waals surface area (Å²) in [6.45, 7) is 16.8. The van der Waals surface area contributed by atoms with Crippen molar-refractivity contribution in [1.29, 1.82) is 0 Å². The Morgan fingerprint density at radius 3 is 2.32 bits per heavy atom. The monoisotopic (exact) mass is 326 g/mol. The van der Waals surface area contributed by atoms with Crippen LogP contribution >= 0.6 is 0 Å². The Morgan fingerprint density at radius 2 is 1.82 bits per heavy atom. The van der Waals surface area contributed by atoms with Crippen LogP contribution in [0.1, 0.15) is 66.7 Å². The second-order valence-electron chi connectivity index (χ2n) is 9.62. The lowest BCUT2D eigenvalue weighted by Crippen LogP contribution is -2.59. The maximum atomic E-state index is 11.5. The van der Waals surface area contributed by atoms with Gasteiger partial charge in [0.05, 0.1) is 12.7 Å². The highest BCUT2D eigenvalue weighted by atomic mass is 28.4. The fourth-order valence-electron chi connectivity index (χ4n) is 3.87. The average molecular weight is 327 g/mol. The second-order valence-corrected chi connectivity index (χ2v) is 14.4. The Labute approximate surface area is 137 Å². The van der Waals surface area contributed by atoms with Gasteiger partial charge in [-0.15, -0.1) is 0 Å². The second kappa shape index (κ2) is 5.62. The Morgan fingerprint density at radius 1 is 1.18 bits per heavy atom. The molecule has 1 heterocycles. The molecular formula is C18H34O3Si. The summed E-state index contributed by atoms with van der Waals surface area (Å²) in [5, 5.41) is 0.201. The van der Waals surface area contributed by atoms with E-state index in [-0.39, 0.29) is 27.9 Å². The lowest BCUT2D eigenvalue weighted by atomic mass is 9.59. The smallest absolute Gasteiger partial charge is 0.305 e. The third-order valence-corrected chi connectivity index (χ3v) is 10.8. The molecule has 2 aliphatic rings. The first-order valence-corrected chi connectivity index (χ1v) is 11.6. The van der Waals surface area contributed by atoms with E-state index in [1.165, 1.54) is 12.8 Å². The summed E-state index contributed by atoms with van der Waals surface area (Å²) < 4.78 is 12.4. The van der Waals surface area contributed by atoms with Crippen LogP contribution in [0.5, 0.6) is 0 Å². The summed E-state index contributed by atoms with van der Waals surface area (Å²) in [6, 6.07) is 0. The SMILES string of the molecule is CC1(C)CCCC2(CCC(=O)OC2)C1O[Si](C)(C)C(C)(C)C. The molecule has 0 amide bonds. The van der Waals surface area contributed by atoms with Crippen LogP contribution in [0, 0.1) is 10.8 Å². The topological polar surface area (TPSA) is 35.5 Å². The van der Waals surface area contributed by atoms with Crippen LogP contribution in [0.2, 0.25) is 18.1 Å². The van der Waals surface area contributed by atoms with E-state index in [0.717, 1.165) is 12.8 Å². The molecule has 0 bridgehead atoms. The molecule has 1 aliphatic carbocycles. The lowest BCUT2D eigenvalue weighted by Gasteiger charge is -2.56. The van der Waals surface area contributed by atoms with Crippen LogP contribution in [-0.2, 0) is 14.0 Å². The molecule has 1 spiro atoms. The van der Waals surface area contributed by atoms with Crippen molar-refractivity contribution in [2.24, 2.45) is 10.8 Å². The summed E-state index contributed by atoms with van der Waals surface area (Å²) in [5.41, 5.74) is 0.183. The van der Waals surface area contributed by atoms with E-state index in [2.05, 4.69) is 47.7 Å².